The van der Waals surface area contributed by atoms with Crippen molar-refractivity contribution in [1.29, 1.82) is 0 Å². The fourth-order valence-electron chi connectivity index (χ4n) is 8.84. The van der Waals surface area contributed by atoms with Crippen LogP contribution in [0.2, 0.25) is 0 Å². The van der Waals surface area contributed by atoms with Crippen LogP contribution < -0.4 is 0 Å². The Kier molecular flexibility index (Phi) is 7.84. The first-order valence-electron chi connectivity index (χ1n) is 20.1. The van der Waals surface area contributed by atoms with Crippen LogP contribution in [0, 0.1) is 6.92 Å². The van der Waals surface area contributed by atoms with E-state index >= 15 is 0 Å². The van der Waals surface area contributed by atoms with Gasteiger partial charge in [0.1, 0.15) is 5.82 Å². The van der Waals surface area contributed by atoms with Crippen molar-refractivity contribution in [2.45, 2.75) is 72.6 Å². The smallest absolute Gasteiger partial charge is 0.221 e. The van der Waals surface area contributed by atoms with Crippen molar-refractivity contribution in [3.63, 3.8) is 0 Å². The number of pyridine rings is 1. The first kappa shape index (κ1) is 35.0. The number of benzene rings is 5. The van der Waals surface area contributed by atoms with Crippen LogP contribution in [0.1, 0.15) is 82.6 Å². The summed E-state index contributed by atoms with van der Waals surface area (Å²) >= 11 is 0. The van der Waals surface area contributed by atoms with E-state index in [0.717, 1.165) is 67.2 Å². The lowest BCUT2D eigenvalue weighted by Crippen LogP contribution is -2.12. The third-order valence-electron chi connectivity index (χ3n) is 11.8. The molecule has 0 radical (unpaired) electrons. The number of hydrogen-bond acceptors (Lipinski definition) is 3. The van der Waals surface area contributed by atoms with Crippen molar-refractivity contribution in [2.75, 3.05) is 0 Å². The van der Waals surface area contributed by atoms with E-state index in [1.54, 1.807) is 0 Å². The van der Waals surface area contributed by atoms with E-state index in [0.29, 0.717) is 11.8 Å². The maximum atomic E-state index is 5.31. The number of nitrogens with zero attached hydrogens (tertiary/aromatic N) is 7. The highest BCUT2D eigenvalue weighted by Gasteiger charge is 2.24. The molecule has 0 N–H and O–H groups in total. The van der Waals surface area contributed by atoms with E-state index in [1.165, 1.54) is 33.0 Å². The lowest BCUT2D eigenvalue weighted by Gasteiger charge is -2.19. The molecular formula is C50H47N7. The van der Waals surface area contributed by atoms with Crippen LogP contribution in [0.5, 0.6) is 0 Å². The predicted octanol–water partition coefficient (Wildman–Crippen LogP) is 12.6. The molecule has 7 nitrogen and oxygen atoms in total. The maximum Gasteiger partial charge on any atom is 0.221 e. The molecule has 0 aliphatic rings. The predicted molar refractivity (Wildman–Crippen MR) is 236 cm³/mol. The van der Waals surface area contributed by atoms with Crippen LogP contribution in [0.3, 0.4) is 0 Å². The molecule has 282 valence electrons. The van der Waals surface area contributed by atoms with E-state index < -0.39 is 0 Å². The van der Waals surface area contributed by atoms with Crippen LogP contribution in [0.15, 0.2) is 128 Å². The molecule has 0 atom stereocenters. The fourth-order valence-corrected chi connectivity index (χ4v) is 8.84. The Bertz CT molecular complexity index is 3170. The number of rotatable bonds is 6. The van der Waals surface area contributed by atoms with Gasteiger partial charge in [0.25, 0.3) is 0 Å². The highest BCUT2D eigenvalue weighted by Crippen LogP contribution is 2.40. The van der Waals surface area contributed by atoms with Gasteiger partial charge >= 0.3 is 0 Å². The Labute approximate surface area is 332 Å². The molecule has 5 aromatic heterocycles. The number of fused-ring (bicyclic) bond motifs is 8. The molecule has 10 rings (SSSR count). The standard InChI is InChI=1S/C50H47N7/c1-30(2)37-18-13-19-38(31(3)4)47(37)33-28-52-54(29-33)35-15-12-16-36(25-35)55-41-20-10-9-17-39(41)40-26-44-45(27-43(40)55)57(46-24-34(22-23-51-46)50(6,7)8)49-53-48-32(5)14-11-21-42(48)56(44)49/h9-31H,1-8H3. The molecule has 0 fully saturated rings. The van der Waals surface area contributed by atoms with Crippen molar-refractivity contribution < 1.29 is 0 Å². The lowest BCUT2D eigenvalue weighted by atomic mass is 9.86. The van der Waals surface area contributed by atoms with Gasteiger partial charge in [-0.15, -0.1) is 0 Å². The highest BCUT2D eigenvalue weighted by atomic mass is 15.3. The van der Waals surface area contributed by atoms with E-state index in [-0.39, 0.29) is 5.41 Å². The van der Waals surface area contributed by atoms with Gasteiger partial charge in [0, 0.05) is 34.4 Å². The highest BCUT2D eigenvalue weighted by molar-refractivity contribution is 6.14. The number of imidazole rings is 2. The molecule has 0 spiro atoms. The number of aromatic nitrogens is 7. The van der Waals surface area contributed by atoms with E-state index in [4.69, 9.17) is 15.1 Å². The van der Waals surface area contributed by atoms with Gasteiger partial charge in [-0.2, -0.15) is 5.10 Å². The van der Waals surface area contributed by atoms with Gasteiger partial charge in [-0.3, -0.25) is 8.97 Å². The molecule has 0 amide bonds. The van der Waals surface area contributed by atoms with Gasteiger partial charge in [-0.05, 0) is 107 Å². The molecule has 0 bridgehead atoms. The van der Waals surface area contributed by atoms with Crippen molar-refractivity contribution in [3.8, 4) is 28.3 Å². The average Bonchev–Trinajstić information content (AvgIpc) is 3.98. The topological polar surface area (TPSA) is 57.9 Å². The van der Waals surface area contributed by atoms with Gasteiger partial charge in [0.05, 0.1) is 45.0 Å². The zero-order valence-corrected chi connectivity index (χ0v) is 33.9. The molecule has 0 aliphatic carbocycles. The number of hydrogen-bond donors (Lipinski definition) is 0. The Morgan fingerprint density at radius 3 is 2.11 bits per heavy atom. The number of aryl methyl sites for hydroxylation is 1. The van der Waals surface area contributed by atoms with Crippen molar-refractivity contribution in [2.24, 2.45) is 0 Å². The van der Waals surface area contributed by atoms with Gasteiger partial charge < -0.3 is 4.57 Å². The van der Waals surface area contributed by atoms with Gasteiger partial charge in [-0.25, -0.2) is 14.6 Å². The Hall–Kier alpha value is -6.47. The van der Waals surface area contributed by atoms with E-state index in [2.05, 4.69) is 184 Å². The first-order chi connectivity index (χ1) is 27.5. The average molecular weight is 746 g/mol. The summed E-state index contributed by atoms with van der Waals surface area (Å²) in [7, 11) is 0. The molecule has 10 aromatic rings. The van der Waals surface area contributed by atoms with Crippen molar-refractivity contribution in [3.05, 3.63) is 150 Å². The Balaban J connectivity index is 1.21. The molecule has 0 aliphatic heterocycles. The van der Waals surface area contributed by atoms with Crippen molar-refractivity contribution in [1.82, 2.24) is 33.3 Å². The first-order valence-corrected chi connectivity index (χ1v) is 20.1. The normalized spacial score (nSPS) is 12.5. The largest absolute Gasteiger partial charge is 0.309 e. The molecular weight excluding hydrogens is 699 g/mol. The van der Waals surface area contributed by atoms with Gasteiger partial charge in [-0.1, -0.05) is 103 Å². The number of para-hydroxylation sites is 2. The van der Waals surface area contributed by atoms with E-state index in [9.17, 15) is 0 Å². The summed E-state index contributed by atoms with van der Waals surface area (Å²) in [4.78, 5) is 10.3. The zero-order valence-electron chi connectivity index (χ0n) is 33.9. The molecule has 5 heterocycles. The maximum absolute atomic E-state index is 5.31. The Morgan fingerprint density at radius 2 is 1.33 bits per heavy atom. The van der Waals surface area contributed by atoms with Gasteiger partial charge in [0.2, 0.25) is 5.78 Å². The van der Waals surface area contributed by atoms with Crippen LogP contribution in [0.25, 0.3) is 78.0 Å². The van der Waals surface area contributed by atoms with Crippen LogP contribution >= 0.6 is 0 Å². The minimum atomic E-state index is -0.0395. The second-order valence-corrected chi connectivity index (χ2v) is 17.2. The fraction of sp³-hybridized carbons (Fsp3) is 0.220. The summed E-state index contributed by atoms with van der Waals surface area (Å²) in [6.07, 6.45) is 6.14. The molecule has 0 unspecified atom stereocenters. The summed E-state index contributed by atoms with van der Waals surface area (Å²) in [5, 5.41) is 7.34. The quantitative estimate of drug-likeness (QED) is 0.170. The zero-order chi connectivity index (χ0) is 39.3. The third-order valence-corrected chi connectivity index (χ3v) is 11.8. The van der Waals surface area contributed by atoms with Crippen LogP contribution in [-0.4, -0.2) is 33.3 Å². The van der Waals surface area contributed by atoms with Crippen LogP contribution in [0.4, 0.5) is 0 Å². The third kappa shape index (κ3) is 5.43. The summed E-state index contributed by atoms with van der Waals surface area (Å²) in [5.74, 6) is 2.51. The monoisotopic (exact) mass is 745 g/mol. The minimum absolute atomic E-state index is 0.0395. The molecule has 0 saturated heterocycles. The van der Waals surface area contributed by atoms with E-state index in [1.807, 2.05) is 17.1 Å². The summed E-state index contributed by atoms with van der Waals surface area (Å²) in [6, 6.07) is 39.6. The minimum Gasteiger partial charge on any atom is -0.309 e. The molecule has 0 saturated carbocycles. The summed E-state index contributed by atoms with van der Waals surface area (Å²) < 4.78 is 8.97. The second kappa shape index (κ2) is 12.8. The summed E-state index contributed by atoms with van der Waals surface area (Å²) in [5.41, 5.74) is 16.1. The molecule has 7 heteroatoms. The SMILES string of the molecule is Cc1cccc2c1nc1n(-c3cc(C(C)(C)C)ccn3)c3cc4c(cc3n21)c1ccccc1n4-c1cccc(-n2cc(-c3c(C(C)C)cccc3C(C)C)cn2)c1. The summed E-state index contributed by atoms with van der Waals surface area (Å²) in [6.45, 7) is 18.0. The molecule has 57 heavy (non-hydrogen) atoms. The van der Waals surface area contributed by atoms with Gasteiger partial charge in [0.15, 0.2) is 0 Å². The molecule has 5 aromatic carbocycles. The lowest BCUT2D eigenvalue weighted by molar-refractivity contribution is 0.588. The second-order valence-electron chi connectivity index (χ2n) is 17.2. The Morgan fingerprint density at radius 1 is 0.614 bits per heavy atom. The van der Waals surface area contributed by atoms with Crippen LogP contribution in [-0.2, 0) is 5.41 Å². The van der Waals surface area contributed by atoms with Crippen molar-refractivity contribution >= 4 is 49.7 Å².